The summed E-state index contributed by atoms with van der Waals surface area (Å²) in [6.45, 7) is 0. The van der Waals surface area contributed by atoms with Crippen LogP contribution in [0.3, 0.4) is 0 Å². The average Bonchev–Trinajstić information content (AvgIpc) is 3.43. The lowest BCUT2D eigenvalue weighted by Crippen LogP contribution is -2.09. The monoisotopic (exact) mass is 385 g/mol. The molecule has 0 amide bonds. The smallest absolute Gasteiger partial charge is 0.222 e. The quantitative estimate of drug-likeness (QED) is 0.501. The number of furan rings is 1. The summed E-state index contributed by atoms with van der Waals surface area (Å²) in [5.74, 6) is 1.85. The molecule has 9 heteroatoms. The Morgan fingerprint density at radius 2 is 1.93 bits per heavy atom. The van der Waals surface area contributed by atoms with Gasteiger partial charge in [0.2, 0.25) is 5.95 Å². The summed E-state index contributed by atoms with van der Waals surface area (Å²) in [5.41, 5.74) is 9.58. The summed E-state index contributed by atoms with van der Waals surface area (Å²) in [4.78, 5) is 13.0. The molecule has 0 radical (unpaired) electrons. The van der Waals surface area contributed by atoms with Crippen LogP contribution in [0.5, 0.6) is 5.75 Å². The first-order valence-electron chi connectivity index (χ1n) is 8.76. The van der Waals surface area contributed by atoms with Gasteiger partial charge in [-0.25, -0.2) is 4.98 Å². The first-order chi connectivity index (χ1) is 14.2. The molecule has 0 spiro atoms. The number of rotatable bonds is 4. The van der Waals surface area contributed by atoms with E-state index in [0.717, 1.165) is 11.1 Å². The van der Waals surface area contributed by atoms with E-state index in [1.54, 1.807) is 36.5 Å². The van der Waals surface area contributed by atoms with Gasteiger partial charge in [0.25, 0.3) is 0 Å². The van der Waals surface area contributed by atoms with Gasteiger partial charge >= 0.3 is 0 Å². The number of aromatic nitrogens is 6. The van der Waals surface area contributed by atoms with Crippen molar-refractivity contribution in [2.45, 2.75) is 0 Å². The van der Waals surface area contributed by atoms with E-state index in [9.17, 15) is 0 Å². The van der Waals surface area contributed by atoms with E-state index in [0.29, 0.717) is 34.1 Å². The maximum atomic E-state index is 6.05. The Bertz CT molecular complexity index is 1300. The van der Waals surface area contributed by atoms with Gasteiger partial charge in [0.05, 0.1) is 24.5 Å². The second-order valence-corrected chi connectivity index (χ2v) is 6.20. The molecule has 0 unspecified atom stereocenters. The van der Waals surface area contributed by atoms with Gasteiger partial charge < -0.3 is 14.9 Å². The largest absolute Gasteiger partial charge is 0.497 e. The Kier molecular flexibility index (Phi) is 3.91. The van der Waals surface area contributed by atoms with Crippen LogP contribution in [0.1, 0.15) is 0 Å². The average molecular weight is 385 g/mol. The first kappa shape index (κ1) is 16.9. The lowest BCUT2D eigenvalue weighted by Gasteiger charge is -2.13. The Labute approximate surface area is 164 Å². The number of benzene rings is 1. The Balaban J connectivity index is 1.84. The van der Waals surface area contributed by atoms with E-state index in [1.165, 1.54) is 0 Å². The Morgan fingerprint density at radius 3 is 2.69 bits per heavy atom. The van der Waals surface area contributed by atoms with Crippen LogP contribution in [0, 0.1) is 0 Å². The molecule has 0 saturated carbocycles. The zero-order chi connectivity index (χ0) is 19.8. The third-order valence-corrected chi connectivity index (χ3v) is 4.48. The van der Waals surface area contributed by atoms with Crippen LogP contribution in [-0.2, 0) is 0 Å². The highest BCUT2D eigenvalue weighted by atomic mass is 16.5. The van der Waals surface area contributed by atoms with Gasteiger partial charge in [0.1, 0.15) is 17.0 Å². The third kappa shape index (κ3) is 2.85. The fraction of sp³-hybridized carbons (Fsp3) is 0.0500. The number of hydrogen-bond acceptors (Lipinski definition) is 8. The molecule has 0 saturated heterocycles. The highest BCUT2D eigenvalue weighted by molar-refractivity contribution is 5.87. The van der Waals surface area contributed by atoms with Crippen molar-refractivity contribution in [3.8, 4) is 34.1 Å². The van der Waals surface area contributed by atoms with Gasteiger partial charge in [-0.1, -0.05) is 5.21 Å². The van der Waals surface area contributed by atoms with Crippen molar-refractivity contribution in [1.29, 1.82) is 0 Å². The van der Waals surface area contributed by atoms with Crippen molar-refractivity contribution in [1.82, 2.24) is 29.9 Å². The minimum atomic E-state index is 0.0985. The van der Waals surface area contributed by atoms with Crippen LogP contribution in [-0.4, -0.2) is 37.1 Å². The molecule has 29 heavy (non-hydrogen) atoms. The molecule has 0 aliphatic heterocycles. The molecule has 0 bridgehead atoms. The predicted octanol–water partition coefficient (Wildman–Crippen LogP) is 3.12. The highest BCUT2D eigenvalue weighted by Crippen LogP contribution is 2.36. The summed E-state index contributed by atoms with van der Waals surface area (Å²) in [5, 5.41) is 8.57. The number of nitrogens with zero attached hydrogens (tertiary/aromatic N) is 6. The first-order valence-corrected chi connectivity index (χ1v) is 8.76. The van der Waals surface area contributed by atoms with Gasteiger partial charge in [-0.2, -0.15) is 9.67 Å². The molecule has 142 valence electrons. The molecular formula is C20H15N7O2. The number of nitrogens with two attached hydrogens (primary N) is 1. The SMILES string of the molecule is COc1ccc2c(c1)nnn2-c1nc(N)nc(-c2ccco2)c1-c1ccncc1. The van der Waals surface area contributed by atoms with E-state index >= 15 is 0 Å². The molecule has 4 heterocycles. The number of pyridine rings is 1. The summed E-state index contributed by atoms with van der Waals surface area (Å²) in [7, 11) is 1.61. The molecule has 5 rings (SSSR count). The summed E-state index contributed by atoms with van der Waals surface area (Å²) in [6, 6.07) is 12.9. The molecule has 0 fully saturated rings. The van der Waals surface area contributed by atoms with Crippen molar-refractivity contribution in [2.75, 3.05) is 12.8 Å². The van der Waals surface area contributed by atoms with Crippen LogP contribution in [0.15, 0.2) is 65.5 Å². The van der Waals surface area contributed by atoms with Crippen molar-refractivity contribution in [3.63, 3.8) is 0 Å². The Morgan fingerprint density at radius 1 is 1.07 bits per heavy atom. The van der Waals surface area contributed by atoms with E-state index in [2.05, 4.69) is 25.3 Å². The molecule has 1 aromatic carbocycles. The van der Waals surface area contributed by atoms with E-state index in [-0.39, 0.29) is 5.95 Å². The maximum absolute atomic E-state index is 6.05. The molecule has 0 aliphatic rings. The maximum Gasteiger partial charge on any atom is 0.222 e. The highest BCUT2D eigenvalue weighted by Gasteiger charge is 2.22. The molecular weight excluding hydrogens is 370 g/mol. The van der Waals surface area contributed by atoms with Crippen LogP contribution in [0.2, 0.25) is 0 Å². The predicted molar refractivity (Wildman–Crippen MR) is 106 cm³/mol. The fourth-order valence-electron chi connectivity index (χ4n) is 3.18. The molecule has 0 aliphatic carbocycles. The number of ether oxygens (including phenoxy) is 1. The second kappa shape index (κ2) is 6.71. The minimum absolute atomic E-state index is 0.0985. The van der Waals surface area contributed by atoms with E-state index in [4.69, 9.17) is 14.9 Å². The van der Waals surface area contributed by atoms with Crippen molar-refractivity contribution in [3.05, 3.63) is 61.1 Å². The zero-order valence-electron chi connectivity index (χ0n) is 15.4. The molecule has 0 atom stereocenters. The number of anilines is 1. The standard InChI is InChI=1S/C20H15N7O2/c1-28-13-4-5-15-14(11-13)25-26-27(15)19-17(12-6-8-22-9-7-12)18(23-20(21)24-19)16-3-2-10-29-16/h2-11H,1H3,(H2,21,23,24). The summed E-state index contributed by atoms with van der Waals surface area (Å²) >= 11 is 0. The number of methoxy groups -OCH3 is 1. The number of fused-ring (bicyclic) bond motifs is 1. The van der Waals surface area contributed by atoms with Crippen molar-refractivity contribution >= 4 is 17.0 Å². The summed E-state index contributed by atoms with van der Waals surface area (Å²) in [6.07, 6.45) is 4.98. The number of nitrogen functional groups attached to an aromatic ring is 1. The van der Waals surface area contributed by atoms with Gasteiger partial charge in [-0.05, 0) is 42.0 Å². The molecule has 5 aromatic rings. The minimum Gasteiger partial charge on any atom is -0.497 e. The topological polar surface area (TPSA) is 118 Å². The van der Waals surface area contributed by atoms with Gasteiger partial charge in [-0.3, -0.25) is 4.98 Å². The van der Waals surface area contributed by atoms with E-state index < -0.39 is 0 Å². The fourth-order valence-corrected chi connectivity index (χ4v) is 3.18. The normalized spacial score (nSPS) is 11.1. The number of hydrogen-bond donors (Lipinski definition) is 1. The van der Waals surface area contributed by atoms with Gasteiger partial charge in [0.15, 0.2) is 11.6 Å². The van der Waals surface area contributed by atoms with Gasteiger partial charge in [0, 0.05) is 18.5 Å². The molecule has 4 aromatic heterocycles. The lowest BCUT2D eigenvalue weighted by atomic mass is 10.0. The third-order valence-electron chi connectivity index (χ3n) is 4.48. The van der Waals surface area contributed by atoms with E-state index in [1.807, 2.05) is 36.4 Å². The van der Waals surface area contributed by atoms with Crippen LogP contribution in [0.4, 0.5) is 5.95 Å². The van der Waals surface area contributed by atoms with Crippen LogP contribution in [0.25, 0.3) is 39.4 Å². The van der Waals surface area contributed by atoms with Crippen LogP contribution >= 0.6 is 0 Å². The van der Waals surface area contributed by atoms with Crippen LogP contribution < -0.4 is 10.5 Å². The van der Waals surface area contributed by atoms with Crippen molar-refractivity contribution < 1.29 is 9.15 Å². The molecule has 2 N–H and O–H groups in total. The molecule has 9 nitrogen and oxygen atoms in total. The zero-order valence-corrected chi connectivity index (χ0v) is 15.4. The second-order valence-electron chi connectivity index (χ2n) is 6.20. The van der Waals surface area contributed by atoms with Crippen molar-refractivity contribution in [2.24, 2.45) is 0 Å². The lowest BCUT2D eigenvalue weighted by molar-refractivity contribution is 0.415. The summed E-state index contributed by atoms with van der Waals surface area (Å²) < 4.78 is 12.5. The Hall–Kier alpha value is -4.27. The van der Waals surface area contributed by atoms with Gasteiger partial charge in [-0.15, -0.1) is 5.10 Å².